The summed E-state index contributed by atoms with van der Waals surface area (Å²) in [5.74, 6) is 0.345. The Balaban J connectivity index is 2.16. The fourth-order valence-corrected chi connectivity index (χ4v) is 2.79. The molecular formula is C11H7BrN4O2S. The molecule has 0 bridgehead atoms. The largest absolute Gasteiger partial charge is 0.364 e. The zero-order valence-electron chi connectivity index (χ0n) is 9.46. The van der Waals surface area contributed by atoms with E-state index in [2.05, 4.69) is 26.2 Å². The van der Waals surface area contributed by atoms with E-state index in [1.807, 2.05) is 17.5 Å². The number of anilines is 1. The molecule has 0 saturated carbocycles. The summed E-state index contributed by atoms with van der Waals surface area (Å²) in [4.78, 5) is 15.0. The lowest BCUT2D eigenvalue weighted by Crippen LogP contribution is -2.03. The number of thiophene rings is 1. The van der Waals surface area contributed by atoms with Gasteiger partial charge in [-0.15, -0.1) is 11.3 Å². The molecule has 0 saturated heterocycles. The first-order valence-corrected chi connectivity index (χ1v) is 6.78. The predicted molar refractivity (Wildman–Crippen MR) is 75.0 cm³/mol. The number of halogens is 1. The number of nitrogens with zero attached hydrogens (tertiary/aromatic N) is 3. The van der Waals surface area contributed by atoms with Crippen LogP contribution in [0.2, 0.25) is 0 Å². The van der Waals surface area contributed by atoms with Gasteiger partial charge in [0.05, 0.1) is 11.5 Å². The lowest BCUT2D eigenvalue weighted by Gasteiger charge is -2.05. The van der Waals surface area contributed by atoms with Crippen molar-refractivity contribution < 1.29 is 4.92 Å². The minimum Gasteiger partial charge on any atom is -0.364 e. The number of hydrogen-bond donors (Lipinski definition) is 1. The monoisotopic (exact) mass is 338 g/mol. The zero-order chi connectivity index (χ0) is 13.8. The number of hydrogen-bond acceptors (Lipinski definition) is 6. The molecule has 2 heterocycles. The quantitative estimate of drug-likeness (QED) is 0.682. The Labute approximate surface area is 121 Å². The summed E-state index contributed by atoms with van der Waals surface area (Å²) in [5, 5.41) is 24.5. The standard InChI is InChI=1S/C11H7BrN4O2S/c12-8-2-10(19-6-8)5-15-11-7(3-13)1-9(4-14-11)16(17)18/h1-2,4,6H,5H2,(H,14,15). The second-order valence-electron chi connectivity index (χ2n) is 3.54. The summed E-state index contributed by atoms with van der Waals surface area (Å²) < 4.78 is 0.992. The van der Waals surface area contributed by atoms with Gasteiger partial charge in [0.2, 0.25) is 0 Å². The fraction of sp³-hybridized carbons (Fsp3) is 0.0909. The van der Waals surface area contributed by atoms with Gasteiger partial charge in [-0.2, -0.15) is 5.26 Å². The molecule has 0 atom stereocenters. The lowest BCUT2D eigenvalue weighted by molar-refractivity contribution is -0.385. The smallest absolute Gasteiger partial charge is 0.289 e. The number of aromatic nitrogens is 1. The Kier molecular flexibility index (Phi) is 4.09. The predicted octanol–water partition coefficient (Wildman–Crippen LogP) is 3.30. The molecular weight excluding hydrogens is 332 g/mol. The molecule has 19 heavy (non-hydrogen) atoms. The van der Waals surface area contributed by atoms with Gasteiger partial charge in [-0.25, -0.2) is 4.98 Å². The lowest BCUT2D eigenvalue weighted by atomic mass is 10.2. The molecule has 0 aliphatic heterocycles. The summed E-state index contributed by atoms with van der Waals surface area (Å²) in [6.07, 6.45) is 1.13. The molecule has 0 aliphatic rings. The van der Waals surface area contributed by atoms with Crippen molar-refractivity contribution >= 4 is 38.8 Å². The van der Waals surface area contributed by atoms with Crippen LogP contribution in [-0.2, 0) is 6.54 Å². The highest BCUT2D eigenvalue weighted by Crippen LogP contribution is 2.22. The first-order chi connectivity index (χ1) is 9.10. The van der Waals surface area contributed by atoms with Gasteiger partial charge in [0.1, 0.15) is 23.6 Å². The molecule has 2 aromatic rings. The van der Waals surface area contributed by atoms with Crippen molar-refractivity contribution in [2.75, 3.05) is 5.32 Å². The van der Waals surface area contributed by atoms with E-state index in [1.165, 1.54) is 6.07 Å². The van der Waals surface area contributed by atoms with E-state index >= 15 is 0 Å². The van der Waals surface area contributed by atoms with Crippen molar-refractivity contribution in [2.45, 2.75) is 6.54 Å². The number of pyridine rings is 1. The van der Waals surface area contributed by atoms with E-state index < -0.39 is 4.92 Å². The molecule has 0 amide bonds. The fourth-order valence-electron chi connectivity index (χ4n) is 1.40. The zero-order valence-corrected chi connectivity index (χ0v) is 11.9. The Bertz CT molecular complexity index is 665. The van der Waals surface area contributed by atoms with E-state index in [1.54, 1.807) is 11.3 Å². The SMILES string of the molecule is N#Cc1cc([N+](=O)[O-])cnc1NCc1cc(Br)cs1. The van der Waals surface area contributed by atoms with Crippen LogP contribution in [0.15, 0.2) is 28.2 Å². The Hall–Kier alpha value is -1.98. The molecule has 6 nitrogen and oxygen atoms in total. The van der Waals surface area contributed by atoms with E-state index in [4.69, 9.17) is 5.26 Å². The van der Waals surface area contributed by atoms with E-state index in [9.17, 15) is 10.1 Å². The molecule has 0 radical (unpaired) electrons. The second-order valence-corrected chi connectivity index (χ2v) is 5.45. The van der Waals surface area contributed by atoms with Gasteiger partial charge in [-0.1, -0.05) is 0 Å². The first-order valence-electron chi connectivity index (χ1n) is 5.11. The van der Waals surface area contributed by atoms with Crippen LogP contribution in [0.1, 0.15) is 10.4 Å². The van der Waals surface area contributed by atoms with E-state index in [-0.39, 0.29) is 11.3 Å². The normalized spacial score (nSPS) is 9.89. The molecule has 2 rings (SSSR count). The Morgan fingerprint density at radius 1 is 1.58 bits per heavy atom. The van der Waals surface area contributed by atoms with Crippen LogP contribution in [0.25, 0.3) is 0 Å². The van der Waals surface area contributed by atoms with Crippen LogP contribution < -0.4 is 5.32 Å². The van der Waals surface area contributed by atoms with Gasteiger partial charge in [0.15, 0.2) is 0 Å². The molecule has 1 N–H and O–H groups in total. The maximum atomic E-state index is 10.6. The van der Waals surface area contributed by atoms with Gasteiger partial charge in [-0.3, -0.25) is 10.1 Å². The van der Waals surface area contributed by atoms with Crippen LogP contribution in [0, 0.1) is 21.4 Å². The number of rotatable bonds is 4. The van der Waals surface area contributed by atoms with Gasteiger partial charge in [0.25, 0.3) is 5.69 Å². The molecule has 0 aliphatic carbocycles. The van der Waals surface area contributed by atoms with Crippen LogP contribution in [0.5, 0.6) is 0 Å². The van der Waals surface area contributed by atoms with Crippen molar-refractivity contribution in [3.63, 3.8) is 0 Å². The highest BCUT2D eigenvalue weighted by atomic mass is 79.9. The van der Waals surface area contributed by atoms with Crippen LogP contribution >= 0.6 is 27.3 Å². The maximum absolute atomic E-state index is 10.6. The highest BCUT2D eigenvalue weighted by Gasteiger charge is 2.12. The topological polar surface area (TPSA) is 91.8 Å². The van der Waals surface area contributed by atoms with E-state index in [0.29, 0.717) is 12.4 Å². The van der Waals surface area contributed by atoms with Crippen molar-refractivity contribution in [1.29, 1.82) is 5.26 Å². The average Bonchev–Trinajstić information content (AvgIpc) is 2.81. The van der Waals surface area contributed by atoms with Crippen molar-refractivity contribution in [3.8, 4) is 6.07 Å². The molecule has 96 valence electrons. The molecule has 0 spiro atoms. The van der Waals surface area contributed by atoms with Gasteiger partial charge >= 0.3 is 0 Å². The number of nitriles is 1. The Morgan fingerprint density at radius 2 is 2.37 bits per heavy atom. The first kappa shape index (κ1) is 13.5. The van der Waals surface area contributed by atoms with Crippen LogP contribution in [-0.4, -0.2) is 9.91 Å². The van der Waals surface area contributed by atoms with Crippen molar-refractivity contribution in [3.05, 3.63) is 48.7 Å². The molecule has 0 unspecified atom stereocenters. The molecule has 8 heteroatoms. The third kappa shape index (κ3) is 3.27. The molecule has 0 aromatic carbocycles. The summed E-state index contributed by atoms with van der Waals surface area (Å²) in [5.41, 5.74) is -0.0363. The van der Waals surface area contributed by atoms with Crippen molar-refractivity contribution in [2.24, 2.45) is 0 Å². The maximum Gasteiger partial charge on any atom is 0.289 e. The summed E-state index contributed by atoms with van der Waals surface area (Å²) in [7, 11) is 0. The third-order valence-electron chi connectivity index (χ3n) is 2.26. The minimum absolute atomic E-state index is 0.157. The van der Waals surface area contributed by atoms with Gasteiger partial charge < -0.3 is 5.32 Å². The minimum atomic E-state index is -0.575. The molecule has 2 aromatic heterocycles. The van der Waals surface area contributed by atoms with Gasteiger partial charge in [0, 0.05) is 20.8 Å². The third-order valence-corrected chi connectivity index (χ3v) is 3.95. The number of nitro groups is 1. The van der Waals surface area contributed by atoms with Crippen molar-refractivity contribution in [1.82, 2.24) is 4.98 Å². The summed E-state index contributed by atoms with van der Waals surface area (Å²) in [6, 6.07) is 5.06. The number of nitrogens with one attached hydrogen (secondary N) is 1. The Morgan fingerprint density at radius 3 is 2.95 bits per heavy atom. The average molecular weight is 339 g/mol. The van der Waals surface area contributed by atoms with Crippen LogP contribution in [0.4, 0.5) is 11.5 Å². The highest BCUT2D eigenvalue weighted by molar-refractivity contribution is 9.10. The summed E-state index contributed by atoms with van der Waals surface area (Å²) in [6.45, 7) is 0.510. The molecule has 0 fully saturated rings. The summed E-state index contributed by atoms with van der Waals surface area (Å²) >= 11 is 4.91. The van der Waals surface area contributed by atoms with Crippen LogP contribution in [0.3, 0.4) is 0 Å². The van der Waals surface area contributed by atoms with E-state index in [0.717, 1.165) is 15.5 Å². The second kappa shape index (κ2) is 5.77. The van der Waals surface area contributed by atoms with Gasteiger partial charge in [-0.05, 0) is 22.0 Å².